The molecule has 1 aromatic carbocycles. The number of benzene rings is 1. The van der Waals surface area contributed by atoms with Crippen molar-refractivity contribution in [2.45, 2.75) is 0 Å². The summed E-state index contributed by atoms with van der Waals surface area (Å²) >= 11 is 0. The van der Waals surface area contributed by atoms with Gasteiger partial charge in [0.05, 0.1) is 18.2 Å². The number of hydrogen-bond acceptors (Lipinski definition) is 3. The Bertz CT molecular complexity index is 750. The Kier molecular flexibility index (Phi) is 3.98. The Balaban J connectivity index is 2.80. The van der Waals surface area contributed by atoms with Crippen molar-refractivity contribution >= 4 is 5.97 Å². The van der Waals surface area contributed by atoms with Crippen molar-refractivity contribution < 1.29 is 36.6 Å². The van der Waals surface area contributed by atoms with Gasteiger partial charge in [-0.2, -0.15) is 0 Å². The molecule has 116 valence electrons. The number of carboxylic acid groups (broad SMARTS) is 1. The highest BCUT2D eigenvalue weighted by atomic mass is 19.2. The van der Waals surface area contributed by atoms with E-state index in [1.54, 1.807) is 0 Å². The van der Waals surface area contributed by atoms with Crippen molar-refractivity contribution in [3.8, 4) is 17.0 Å². The molecule has 22 heavy (non-hydrogen) atoms. The smallest absolute Gasteiger partial charge is 0.354 e. The van der Waals surface area contributed by atoms with Crippen molar-refractivity contribution in [1.82, 2.24) is 4.98 Å². The lowest BCUT2D eigenvalue weighted by Gasteiger charge is -2.11. The summed E-state index contributed by atoms with van der Waals surface area (Å²) in [5.41, 5.74) is -2.34. The number of ether oxygens (including phenoxy) is 1. The first-order valence-electron chi connectivity index (χ1n) is 5.59. The van der Waals surface area contributed by atoms with Crippen LogP contribution in [0.4, 0.5) is 22.0 Å². The van der Waals surface area contributed by atoms with E-state index in [2.05, 4.69) is 9.72 Å². The lowest BCUT2D eigenvalue weighted by molar-refractivity contribution is 0.0689. The Hall–Kier alpha value is -2.71. The summed E-state index contributed by atoms with van der Waals surface area (Å²) in [6.45, 7) is 0. The summed E-state index contributed by atoms with van der Waals surface area (Å²) in [5.74, 6) is -12.7. The van der Waals surface area contributed by atoms with Crippen LogP contribution in [0, 0.1) is 29.1 Å². The molecule has 0 spiro atoms. The van der Waals surface area contributed by atoms with Crippen molar-refractivity contribution in [3.05, 3.63) is 46.9 Å². The summed E-state index contributed by atoms with van der Waals surface area (Å²) in [7, 11) is 1.00. The van der Waals surface area contributed by atoms with Crippen LogP contribution in [0.15, 0.2) is 12.1 Å². The third kappa shape index (κ3) is 2.34. The number of nitrogens with zero attached hydrogens (tertiary/aromatic N) is 1. The van der Waals surface area contributed by atoms with Crippen LogP contribution in [0.25, 0.3) is 11.1 Å². The van der Waals surface area contributed by atoms with E-state index < -0.39 is 57.8 Å². The Morgan fingerprint density at radius 1 is 1.00 bits per heavy atom. The zero-order chi connectivity index (χ0) is 16.6. The molecule has 0 radical (unpaired) electrons. The molecule has 0 atom stereocenters. The van der Waals surface area contributed by atoms with E-state index in [1.165, 1.54) is 0 Å². The molecule has 2 rings (SSSR count). The van der Waals surface area contributed by atoms with Crippen molar-refractivity contribution in [3.63, 3.8) is 0 Å². The van der Waals surface area contributed by atoms with Crippen molar-refractivity contribution in [2.24, 2.45) is 0 Å². The molecule has 0 saturated carbocycles. The van der Waals surface area contributed by atoms with Crippen LogP contribution in [-0.2, 0) is 0 Å². The summed E-state index contributed by atoms with van der Waals surface area (Å²) < 4.78 is 71.6. The van der Waals surface area contributed by atoms with Crippen LogP contribution in [0.3, 0.4) is 0 Å². The molecule has 1 heterocycles. The maximum atomic E-state index is 13.7. The van der Waals surface area contributed by atoms with Gasteiger partial charge in [-0.1, -0.05) is 0 Å². The minimum absolute atomic E-state index is 0.524. The number of methoxy groups -OCH3 is 1. The highest BCUT2D eigenvalue weighted by Gasteiger charge is 2.28. The SMILES string of the molecule is COc1nc(C(=O)O)ccc1-c1c(F)c(F)c(F)c(F)c1F. The molecule has 0 amide bonds. The van der Waals surface area contributed by atoms with E-state index in [-0.39, 0.29) is 0 Å². The molecule has 0 aliphatic rings. The highest BCUT2D eigenvalue weighted by Crippen LogP contribution is 2.35. The molecular formula is C13H6F5NO3. The normalized spacial score (nSPS) is 10.6. The standard InChI is InChI=1S/C13H6F5NO3/c1-22-12-4(2-3-5(19-12)13(20)21)6-7(14)9(16)11(18)10(17)8(6)15/h2-3H,1H3,(H,20,21). The second-order valence-electron chi connectivity index (χ2n) is 4.00. The van der Waals surface area contributed by atoms with Crippen LogP contribution < -0.4 is 4.74 Å². The van der Waals surface area contributed by atoms with E-state index in [0.717, 1.165) is 19.2 Å². The number of pyridine rings is 1. The van der Waals surface area contributed by atoms with E-state index in [0.29, 0.717) is 0 Å². The highest BCUT2D eigenvalue weighted by molar-refractivity contribution is 5.86. The number of halogens is 5. The third-order valence-electron chi connectivity index (χ3n) is 2.75. The van der Waals surface area contributed by atoms with E-state index in [9.17, 15) is 26.7 Å². The maximum Gasteiger partial charge on any atom is 0.354 e. The largest absolute Gasteiger partial charge is 0.481 e. The van der Waals surface area contributed by atoms with Crippen LogP contribution in [-0.4, -0.2) is 23.2 Å². The third-order valence-corrected chi connectivity index (χ3v) is 2.75. The first kappa shape index (κ1) is 15.7. The Morgan fingerprint density at radius 2 is 1.50 bits per heavy atom. The van der Waals surface area contributed by atoms with Crippen molar-refractivity contribution in [2.75, 3.05) is 7.11 Å². The average molecular weight is 319 g/mol. The second kappa shape index (κ2) is 5.58. The topological polar surface area (TPSA) is 59.4 Å². The summed E-state index contributed by atoms with van der Waals surface area (Å²) in [4.78, 5) is 14.2. The monoisotopic (exact) mass is 319 g/mol. The van der Waals surface area contributed by atoms with Crippen LogP contribution >= 0.6 is 0 Å². The van der Waals surface area contributed by atoms with Gasteiger partial charge >= 0.3 is 5.97 Å². The van der Waals surface area contributed by atoms with Gasteiger partial charge in [-0.15, -0.1) is 0 Å². The van der Waals surface area contributed by atoms with Crippen LogP contribution in [0.2, 0.25) is 0 Å². The minimum Gasteiger partial charge on any atom is -0.481 e. The van der Waals surface area contributed by atoms with Gasteiger partial charge in [0.15, 0.2) is 29.0 Å². The summed E-state index contributed by atoms with van der Waals surface area (Å²) in [6, 6.07) is 1.69. The van der Waals surface area contributed by atoms with E-state index in [1.807, 2.05) is 0 Å². The van der Waals surface area contributed by atoms with E-state index >= 15 is 0 Å². The van der Waals surface area contributed by atoms with Gasteiger partial charge < -0.3 is 9.84 Å². The van der Waals surface area contributed by atoms with Crippen LogP contribution in [0.5, 0.6) is 5.88 Å². The van der Waals surface area contributed by atoms with Gasteiger partial charge in [-0.25, -0.2) is 31.7 Å². The molecule has 0 bridgehead atoms. The molecule has 0 aliphatic carbocycles. The molecule has 0 saturated heterocycles. The zero-order valence-corrected chi connectivity index (χ0v) is 10.8. The molecular weight excluding hydrogens is 313 g/mol. The summed E-state index contributed by atoms with van der Waals surface area (Å²) in [6.07, 6.45) is 0. The lowest BCUT2D eigenvalue weighted by Crippen LogP contribution is -2.07. The number of rotatable bonds is 3. The Morgan fingerprint density at radius 3 is 1.95 bits per heavy atom. The lowest BCUT2D eigenvalue weighted by atomic mass is 10.0. The van der Waals surface area contributed by atoms with Crippen molar-refractivity contribution in [1.29, 1.82) is 0 Å². The van der Waals surface area contributed by atoms with E-state index in [4.69, 9.17) is 5.11 Å². The average Bonchev–Trinajstić information content (AvgIpc) is 2.51. The van der Waals surface area contributed by atoms with Gasteiger partial charge in [-0.3, -0.25) is 0 Å². The molecule has 0 unspecified atom stereocenters. The molecule has 0 fully saturated rings. The second-order valence-corrected chi connectivity index (χ2v) is 4.00. The number of carbonyl (C=O) groups is 1. The number of aromatic nitrogens is 1. The number of hydrogen-bond donors (Lipinski definition) is 1. The van der Waals surface area contributed by atoms with Gasteiger partial charge in [-0.05, 0) is 12.1 Å². The number of carboxylic acids is 1. The molecule has 0 aliphatic heterocycles. The fourth-order valence-corrected chi connectivity index (χ4v) is 1.75. The molecule has 1 N–H and O–H groups in total. The fourth-order valence-electron chi connectivity index (χ4n) is 1.75. The quantitative estimate of drug-likeness (QED) is 0.536. The van der Waals surface area contributed by atoms with Crippen LogP contribution in [0.1, 0.15) is 10.5 Å². The molecule has 4 nitrogen and oxygen atoms in total. The predicted molar refractivity (Wildman–Crippen MR) is 63.0 cm³/mol. The maximum absolute atomic E-state index is 13.7. The molecule has 9 heteroatoms. The van der Waals surface area contributed by atoms with Gasteiger partial charge in [0.25, 0.3) is 0 Å². The van der Waals surface area contributed by atoms with Gasteiger partial charge in [0, 0.05) is 0 Å². The molecule has 2 aromatic rings. The first-order chi connectivity index (χ1) is 10.3. The minimum atomic E-state index is -2.30. The fraction of sp³-hybridized carbons (Fsp3) is 0.0769. The summed E-state index contributed by atoms with van der Waals surface area (Å²) in [5, 5.41) is 8.76. The first-order valence-corrected chi connectivity index (χ1v) is 5.59. The predicted octanol–water partition coefficient (Wildman–Crippen LogP) is 3.15. The zero-order valence-electron chi connectivity index (χ0n) is 10.8. The Labute approximate surface area is 119 Å². The van der Waals surface area contributed by atoms with Gasteiger partial charge in [0.2, 0.25) is 11.7 Å². The number of aromatic carboxylic acids is 1. The van der Waals surface area contributed by atoms with Gasteiger partial charge in [0.1, 0.15) is 0 Å². The molecule has 1 aromatic heterocycles.